The SMILES string of the molecule is CCCN(CC(F)(F)F)c1cc(C(=O)NCC)ccc1N. The molecule has 7 heteroatoms. The van der Waals surface area contributed by atoms with Gasteiger partial charge >= 0.3 is 6.18 Å². The second-order valence-electron chi connectivity index (χ2n) is 4.67. The molecule has 0 atom stereocenters. The van der Waals surface area contributed by atoms with E-state index in [9.17, 15) is 18.0 Å². The first kappa shape index (κ1) is 17.1. The van der Waals surface area contributed by atoms with Gasteiger partial charge in [0.25, 0.3) is 5.91 Å². The summed E-state index contributed by atoms with van der Waals surface area (Å²) in [5.74, 6) is -0.331. The molecule has 21 heavy (non-hydrogen) atoms. The molecule has 0 aromatic heterocycles. The summed E-state index contributed by atoms with van der Waals surface area (Å²) in [5.41, 5.74) is 6.53. The minimum absolute atomic E-state index is 0.211. The van der Waals surface area contributed by atoms with Crippen molar-refractivity contribution in [2.45, 2.75) is 26.4 Å². The molecule has 118 valence electrons. The van der Waals surface area contributed by atoms with Gasteiger partial charge in [-0.05, 0) is 31.5 Å². The number of rotatable bonds is 6. The van der Waals surface area contributed by atoms with Gasteiger partial charge in [0, 0.05) is 18.7 Å². The second-order valence-corrected chi connectivity index (χ2v) is 4.67. The lowest BCUT2D eigenvalue weighted by atomic mass is 10.1. The monoisotopic (exact) mass is 303 g/mol. The van der Waals surface area contributed by atoms with E-state index < -0.39 is 12.7 Å². The average molecular weight is 303 g/mol. The van der Waals surface area contributed by atoms with Crippen molar-refractivity contribution in [2.24, 2.45) is 0 Å². The molecule has 0 bridgehead atoms. The number of carbonyl (C=O) groups is 1. The number of nitrogen functional groups attached to an aromatic ring is 1. The second kappa shape index (κ2) is 7.19. The summed E-state index contributed by atoms with van der Waals surface area (Å²) in [6.07, 6.45) is -3.79. The minimum atomic E-state index is -4.33. The van der Waals surface area contributed by atoms with E-state index in [2.05, 4.69) is 5.32 Å². The Balaban J connectivity index is 3.11. The maximum absolute atomic E-state index is 12.7. The van der Waals surface area contributed by atoms with Gasteiger partial charge in [0.15, 0.2) is 0 Å². The van der Waals surface area contributed by atoms with Crippen molar-refractivity contribution in [3.63, 3.8) is 0 Å². The van der Waals surface area contributed by atoms with Crippen LogP contribution in [0.15, 0.2) is 18.2 Å². The van der Waals surface area contributed by atoms with E-state index in [0.717, 1.165) is 4.90 Å². The molecule has 1 aromatic rings. The number of carbonyl (C=O) groups excluding carboxylic acids is 1. The van der Waals surface area contributed by atoms with E-state index in [1.165, 1.54) is 18.2 Å². The van der Waals surface area contributed by atoms with Crippen LogP contribution in [0.5, 0.6) is 0 Å². The summed E-state index contributed by atoms with van der Waals surface area (Å²) < 4.78 is 38.0. The Morgan fingerprint density at radius 3 is 2.52 bits per heavy atom. The Kier molecular flexibility index (Phi) is 5.87. The van der Waals surface area contributed by atoms with Crippen LogP contribution < -0.4 is 16.0 Å². The molecule has 0 fully saturated rings. The molecular weight excluding hydrogens is 283 g/mol. The molecule has 1 amide bonds. The van der Waals surface area contributed by atoms with Gasteiger partial charge in [-0.2, -0.15) is 13.2 Å². The Morgan fingerprint density at radius 2 is 2.00 bits per heavy atom. The maximum atomic E-state index is 12.7. The number of hydrogen-bond acceptors (Lipinski definition) is 3. The fourth-order valence-electron chi connectivity index (χ4n) is 1.99. The average Bonchev–Trinajstić information content (AvgIpc) is 2.37. The van der Waals surface area contributed by atoms with E-state index in [-0.39, 0.29) is 23.8 Å². The highest BCUT2D eigenvalue weighted by molar-refractivity contribution is 5.96. The van der Waals surface area contributed by atoms with Crippen LogP contribution in [0.25, 0.3) is 0 Å². The van der Waals surface area contributed by atoms with Crippen LogP contribution in [0.2, 0.25) is 0 Å². The molecule has 0 aliphatic heterocycles. The highest BCUT2D eigenvalue weighted by atomic mass is 19.4. The van der Waals surface area contributed by atoms with E-state index in [0.29, 0.717) is 18.5 Å². The first-order valence-electron chi connectivity index (χ1n) is 6.78. The molecule has 1 rings (SSSR count). The molecule has 3 N–H and O–H groups in total. The third kappa shape index (κ3) is 5.17. The summed E-state index contributed by atoms with van der Waals surface area (Å²) in [7, 11) is 0. The maximum Gasteiger partial charge on any atom is 0.405 e. The highest BCUT2D eigenvalue weighted by Crippen LogP contribution is 2.28. The number of hydrogen-bond donors (Lipinski definition) is 2. The highest BCUT2D eigenvalue weighted by Gasteiger charge is 2.31. The summed E-state index contributed by atoms with van der Waals surface area (Å²) in [5, 5.41) is 2.61. The zero-order valence-corrected chi connectivity index (χ0v) is 12.1. The lowest BCUT2D eigenvalue weighted by Gasteiger charge is -2.27. The van der Waals surface area contributed by atoms with Crippen molar-refractivity contribution in [3.05, 3.63) is 23.8 Å². The van der Waals surface area contributed by atoms with Crippen molar-refractivity contribution in [3.8, 4) is 0 Å². The van der Waals surface area contributed by atoms with Crippen molar-refractivity contribution in [1.82, 2.24) is 5.32 Å². The predicted molar refractivity (Wildman–Crippen MR) is 77.4 cm³/mol. The van der Waals surface area contributed by atoms with Crippen LogP contribution >= 0.6 is 0 Å². The van der Waals surface area contributed by atoms with Gasteiger partial charge in [-0.25, -0.2) is 0 Å². The van der Waals surface area contributed by atoms with Crippen LogP contribution in [0.1, 0.15) is 30.6 Å². The number of alkyl halides is 3. The molecule has 1 aromatic carbocycles. The number of anilines is 2. The molecule has 4 nitrogen and oxygen atoms in total. The quantitative estimate of drug-likeness (QED) is 0.795. The largest absolute Gasteiger partial charge is 0.405 e. The number of amides is 1. The third-order valence-corrected chi connectivity index (χ3v) is 2.83. The van der Waals surface area contributed by atoms with Gasteiger partial charge in [0.2, 0.25) is 0 Å². The topological polar surface area (TPSA) is 58.4 Å². The van der Waals surface area contributed by atoms with E-state index in [1.807, 2.05) is 0 Å². The van der Waals surface area contributed by atoms with Gasteiger partial charge < -0.3 is 16.0 Å². The first-order chi connectivity index (χ1) is 9.78. The molecule has 0 aliphatic rings. The van der Waals surface area contributed by atoms with Crippen molar-refractivity contribution >= 4 is 17.3 Å². The number of nitrogens with zero attached hydrogens (tertiary/aromatic N) is 1. The van der Waals surface area contributed by atoms with Crippen LogP contribution in [0.4, 0.5) is 24.5 Å². The van der Waals surface area contributed by atoms with Crippen LogP contribution in [0.3, 0.4) is 0 Å². The van der Waals surface area contributed by atoms with Crippen molar-refractivity contribution in [2.75, 3.05) is 30.3 Å². The summed E-state index contributed by atoms with van der Waals surface area (Å²) in [6, 6.07) is 4.36. The van der Waals surface area contributed by atoms with Gasteiger partial charge in [-0.3, -0.25) is 4.79 Å². The van der Waals surface area contributed by atoms with Crippen LogP contribution in [-0.4, -0.2) is 31.7 Å². The van der Waals surface area contributed by atoms with Gasteiger partial charge in [0.05, 0.1) is 11.4 Å². The van der Waals surface area contributed by atoms with Crippen molar-refractivity contribution in [1.29, 1.82) is 0 Å². The Morgan fingerprint density at radius 1 is 1.33 bits per heavy atom. The summed E-state index contributed by atoms with van der Waals surface area (Å²) in [4.78, 5) is 12.9. The lowest BCUT2D eigenvalue weighted by molar-refractivity contribution is -0.119. The van der Waals surface area contributed by atoms with Crippen LogP contribution in [-0.2, 0) is 0 Å². The van der Waals surface area contributed by atoms with Gasteiger partial charge in [-0.1, -0.05) is 6.92 Å². The normalized spacial score (nSPS) is 11.3. The number of nitrogens with one attached hydrogen (secondary N) is 1. The van der Waals surface area contributed by atoms with Gasteiger partial charge in [-0.15, -0.1) is 0 Å². The zero-order chi connectivity index (χ0) is 16.0. The standard InChI is InChI=1S/C14H20F3N3O/c1-3-7-20(9-14(15,16)17)12-8-10(5-6-11(12)18)13(21)19-4-2/h5-6,8H,3-4,7,9,18H2,1-2H3,(H,19,21). The molecule has 0 heterocycles. The Bertz CT molecular complexity index is 489. The van der Waals surface area contributed by atoms with Gasteiger partial charge in [0.1, 0.15) is 6.54 Å². The summed E-state index contributed by atoms with van der Waals surface area (Å²) >= 11 is 0. The molecule has 0 saturated carbocycles. The molecule has 0 radical (unpaired) electrons. The molecule has 0 aliphatic carbocycles. The van der Waals surface area contributed by atoms with E-state index in [1.54, 1.807) is 13.8 Å². The third-order valence-electron chi connectivity index (χ3n) is 2.83. The Hall–Kier alpha value is -1.92. The fourth-order valence-corrected chi connectivity index (χ4v) is 1.99. The minimum Gasteiger partial charge on any atom is -0.397 e. The smallest absolute Gasteiger partial charge is 0.397 e. The molecule has 0 saturated heterocycles. The van der Waals surface area contributed by atoms with Crippen molar-refractivity contribution < 1.29 is 18.0 Å². The number of benzene rings is 1. The zero-order valence-electron chi connectivity index (χ0n) is 12.1. The predicted octanol–water partition coefficient (Wildman–Crippen LogP) is 2.80. The molecular formula is C14H20F3N3O. The van der Waals surface area contributed by atoms with E-state index in [4.69, 9.17) is 5.73 Å². The Labute approximate surface area is 122 Å². The molecule has 0 unspecified atom stereocenters. The molecule has 0 spiro atoms. The first-order valence-corrected chi connectivity index (χ1v) is 6.78. The lowest BCUT2D eigenvalue weighted by Crippen LogP contribution is -2.35. The van der Waals surface area contributed by atoms with E-state index >= 15 is 0 Å². The number of halogens is 3. The fraction of sp³-hybridized carbons (Fsp3) is 0.500. The van der Waals surface area contributed by atoms with Crippen LogP contribution in [0, 0.1) is 0 Å². The number of nitrogens with two attached hydrogens (primary N) is 1. The summed E-state index contributed by atoms with van der Waals surface area (Å²) in [6.45, 7) is 3.11.